The van der Waals surface area contributed by atoms with Crippen molar-refractivity contribution in [1.82, 2.24) is 15.0 Å². The lowest BCUT2D eigenvalue weighted by Gasteiger charge is -2.05. The number of aromatic amines is 2. The molecule has 1 amide bonds. The Morgan fingerprint density at radius 1 is 1.29 bits per heavy atom. The van der Waals surface area contributed by atoms with Crippen LogP contribution in [0, 0.1) is 6.92 Å². The number of rotatable bonds is 3. The van der Waals surface area contributed by atoms with Crippen molar-refractivity contribution in [3.63, 3.8) is 0 Å². The molecule has 0 fully saturated rings. The Hall–Kier alpha value is -3.09. The van der Waals surface area contributed by atoms with Crippen LogP contribution in [0.1, 0.15) is 26.4 Å². The van der Waals surface area contributed by atoms with Crippen molar-refractivity contribution in [2.75, 3.05) is 5.32 Å². The molecule has 7 heteroatoms. The second-order valence-electron chi connectivity index (χ2n) is 4.60. The Bertz CT molecular complexity index is 847. The van der Waals surface area contributed by atoms with Gasteiger partial charge in [-0.2, -0.15) is 0 Å². The highest BCUT2D eigenvalue weighted by Gasteiger charge is 2.18. The van der Waals surface area contributed by atoms with E-state index >= 15 is 0 Å². The van der Waals surface area contributed by atoms with Gasteiger partial charge in [-0.1, -0.05) is 0 Å². The van der Waals surface area contributed by atoms with Gasteiger partial charge in [-0.15, -0.1) is 0 Å². The number of nitrogens with zero attached hydrogens (tertiary/aromatic N) is 1. The lowest BCUT2D eigenvalue weighted by Crippen LogP contribution is -2.14. The van der Waals surface area contributed by atoms with Crippen LogP contribution in [0.15, 0.2) is 30.7 Å². The number of aromatic carboxylic acids is 1. The molecule has 0 radical (unpaired) electrons. The predicted molar refractivity (Wildman–Crippen MR) is 76.5 cm³/mol. The Morgan fingerprint density at radius 2 is 2.10 bits per heavy atom. The highest BCUT2D eigenvalue weighted by atomic mass is 16.4. The molecule has 0 aliphatic rings. The molecule has 2 heterocycles. The number of carboxylic acid groups (broad SMARTS) is 1. The molecular weight excluding hydrogens is 272 g/mol. The molecule has 106 valence electrons. The second-order valence-corrected chi connectivity index (χ2v) is 4.60. The molecule has 3 rings (SSSR count). The Kier molecular flexibility index (Phi) is 2.94. The van der Waals surface area contributed by atoms with E-state index in [4.69, 9.17) is 5.11 Å². The van der Waals surface area contributed by atoms with E-state index in [9.17, 15) is 9.59 Å². The molecule has 0 spiro atoms. The number of hydrogen-bond acceptors (Lipinski definition) is 3. The molecular formula is C14H12N4O3. The summed E-state index contributed by atoms with van der Waals surface area (Å²) in [4.78, 5) is 33.2. The second kappa shape index (κ2) is 4.78. The van der Waals surface area contributed by atoms with E-state index in [2.05, 4.69) is 20.3 Å². The van der Waals surface area contributed by atoms with Crippen LogP contribution in [0.4, 0.5) is 5.69 Å². The van der Waals surface area contributed by atoms with E-state index < -0.39 is 5.97 Å². The van der Waals surface area contributed by atoms with Crippen LogP contribution in [-0.2, 0) is 0 Å². The van der Waals surface area contributed by atoms with E-state index in [0.29, 0.717) is 11.3 Å². The number of imidazole rings is 1. The van der Waals surface area contributed by atoms with Gasteiger partial charge in [0.15, 0.2) is 0 Å². The molecule has 4 N–H and O–H groups in total. The Labute approximate surface area is 119 Å². The third-order valence-electron chi connectivity index (χ3n) is 3.22. The maximum Gasteiger partial charge on any atom is 0.339 e. The average molecular weight is 284 g/mol. The fourth-order valence-electron chi connectivity index (χ4n) is 2.17. The zero-order valence-corrected chi connectivity index (χ0v) is 11.1. The van der Waals surface area contributed by atoms with Crippen LogP contribution in [-0.4, -0.2) is 31.9 Å². The summed E-state index contributed by atoms with van der Waals surface area (Å²) >= 11 is 0. The third kappa shape index (κ3) is 2.25. The molecule has 3 aromatic rings. The minimum Gasteiger partial charge on any atom is -0.478 e. The number of carboxylic acids is 1. The van der Waals surface area contributed by atoms with E-state index in [1.807, 2.05) is 0 Å². The molecule has 0 aliphatic carbocycles. The summed E-state index contributed by atoms with van der Waals surface area (Å²) in [5.74, 6) is -1.47. The van der Waals surface area contributed by atoms with Gasteiger partial charge in [0, 0.05) is 17.5 Å². The number of carbonyl (C=O) groups is 2. The summed E-state index contributed by atoms with van der Waals surface area (Å²) < 4.78 is 0. The van der Waals surface area contributed by atoms with Gasteiger partial charge in [0.25, 0.3) is 5.91 Å². The van der Waals surface area contributed by atoms with Crippen molar-refractivity contribution in [3.05, 3.63) is 47.5 Å². The highest BCUT2D eigenvalue weighted by Crippen LogP contribution is 2.20. The Morgan fingerprint density at radius 3 is 2.86 bits per heavy atom. The van der Waals surface area contributed by atoms with Crippen molar-refractivity contribution < 1.29 is 14.7 Å². The SMILES string of the molecule is Cc1[nH]cc(NC(=O)c2ccc3nc[nH]c3c2)c1C(=O)O. The zero-order chi connectivity index (χ0) is 15.0. The molecule has 2 aromatic heterocycles. The van der Waals surface area contributed by atoms with Gasteiger partial charge in [-0.05, 0) is 25.1 Å². The number of H-pyrrole nitrogens is 2. The number of benzene rings is 1. The lowest BCUT2D eigenvalue weighted by molar-refractivity contribution is 0.0697. The summed E-state index contributed by atoms with van der Waals surface area (Å²) in [6, 6.07) is 5.03. The van der Waals surface area contributed by atoms with Crippen LogP contribution in [0.5, 0.6) is 0 Å². The van der Waals surface area contributed by atoms with Gasteiger partial charge in [-0.3, -0.25) is 4.79 Å². The molecule has 7 nitrogen and oxygen atoms in total. The van der Waals surface area contributed by atoms with E-state index in [0.717, 1.165) is 11.0 Å². The average Bonchev–Trinajstić information content (AvgIpc) is 3.04. The summed E-state index contributed by atoms with van der Waals surface area (Å²) in [6.07, 6.45) is 3.01. The summed E-state index contributed by atoms with van der Waals surface area (Å²) in [6.45, 7) is 1.63. The largest absolute Gasteiger partial charge is 0.478 e. The predicted octanol–water partition coefficient (Wildman–Crippen LogP) is 2.15. The normalized spacial score (nSPS) is 10.7. The summed E-state index contributed by atoms with van der Waals surface area (Å²) in [5.41, 5.74) is 2.71. The maximum atomic E-state index is 12.2. The third-order valence-corrected chi connectivity index (χ3v) is 3.22. The molecule has 0 bridgehead atoms. The van der Waals surface area contributed by atoms with Gasteiger partial charge < -0.3 is 20.4 Å². The van der Waals surface area contributed by atoms with Crippen molar-refractivity contribution in [2.45, 2.75) is 6.92 Å². The minimum absolute atomic E-state index is 0.0611. The van der Waals surface area contributed by atoms with Crippen LogP contribution >= 0.6 is 0 Å². The topological polar surface area (TPSA) is 111 Å². The van der Waals surface area contributed by atoms with Crippen LogP contribution in [0.2, 0.25) is 0 Å². The van der Waals surface area contributed by atoms with Crippen molar-refractivity contribution in [3.8, 4) is 0 Å². The first kappa shape index (κ1) is 12.9. The molecule has 1 aromatic carbocycles. The first-order chi connectivity index (χ1) is 10.1. The van der Waals surface area contributed by atoms with Crippen LogP contribution < -0.4 is 5.32 Å². The first-order valence-corrected chi connectivity index (χ1v) is 6.22. The highest BCUT2D eigenvalue weighted by molar-refractivity contribution is 6.09. The number of anilines is 1. The number of hydrogen-bond donors (Lipinski definition) is 4. The summed E-state index contributed by atoms with van der Waals surface area (Å²) in [7, 11) is 0. The van der Waals surface area contributed by atoms with Gasteiger partial charge in [0.05, 0.1) is 23.0 Å². The molecule has 21 heavy (non-hydrogen) atoms. The number of aromatic nitrogens is 3. The molecule has 0 saturated heterocycles. The molecule has 0 unspecified atom stereocenters. The number of aryl methyl sites for hydroxylation is 1. The molecule has 0 aliphatic heterocycles. The lowest BCUT2D eigenvalue weighted by atomic mass is 10.1. The number of fused-ring (bicyclic) bond motifs is 1. The summed E-state index contributed by atoms with van der Waals surface area (Å²) in [5, 5.41) is 11.7. The number of amides is 1. The Balaban J connectivity index is 1.91. The monoisotopic (exact) mass is 284 g/mol. The van der Waals surface area contributed by atoms with Crippen LogP contribution in [0.3, 0.4) is 0 Å². The van der Waals surface area contributed by atoms with Crippen molar-refractivity contribution >= 4 is 28.6 Å². The van der Waals surface area contributed by atoms with Crippen molar-refractivity contribution in [2.24, 2.45) is 0 Å². The number of nitrogens with one attached hydrogen (secondary N) is 3. The van der Waals surface area contributed by atoms with Crippen molar-refractivity contribution in [1.29, 1.82) is 0 Å². The molecule has 0 saturated carbocycles. The first-order valence-electron chi connectivity index (χ1n) is 6.22. The van der Waals surface area contributed by atoms with Gasteiger partial charge in [0.1, 0.15) is 5.56 Å². The van der Waals surface area contributed by atoms with E-state index in [1.165, 1.54) is 6.20 Å². The quantitative estimate of drug-likeness (QED) is 0.590. The van der Waals surface area contributed by atoms with Gasteiger partial charge >= 0.3 is 5.97 Å². The van der Waals surface area contributed by atoms with E-state index in [-0.39, 0.29) is 17.2 Å². The molecule has 0 atom stereocenters. The minimum atomic E-state index is -1.09. The van der Waals surface area contributed by atoms with E-state index in [1.54, 1.807) is 31.5 Å². The number of carbonyl (C=O) groups excluding carboxylic acids is 1. The smallest absolute Gasteiger partial charge is 0.339 e. The fraction of sp³-hybridized carbons (Fsp3) is 0.0714. The van der Waals surface area contributed by atoms with Gasteiger partial charge in [-0.25, -0.2) is 9.78 Å². The van der Waals surface area contributed by atoms with Crippen LogP contribution in [0.25, 0.3) is 11.0 Å². The fourth-order valence-corrected chi connectivity index (χ4v) is 2.17. The maximum absolute atomic E-state index is 12.2. The zero-order valence-electron chi connectivity index (χ0n) is 11.1. The standard InChI is InChI=1S/C14H12N4O3/c1-7-12(14(20)21)11(5-15-7)18-13(19)8-2-3-9-10(4-8)17-6-16-9/h2-6,15H,1H3,(H,16,17)(H,18,19)(H,20,21). The van der Waals surface area contributed by atoms with Gasteiger partial charge in [0.2, 0.25) is 0 Å².